The molecule has 0 bridgehead atoms. The number of ether oxygens (including phenoxy) is 1. The van der Waals surface area contributed by atoms with Crippen molar-refractivity contribution in [3.05, 3.63) is 40.7 Å². The minimum Gasteiger partial charge on any atom is -0.491 e. The summed E-state index contributed by atoms with van der Waals surface area (Å²) in [5, 5.41) is 18.6. The van der Waals surface area contributed by atoms with E-state index in [1.165, 1.54) is 0 Å². The van der Waals surface area contributed by atoms with Crippen LogP contribution in [0, 0.1) is 20.8 Å². The third-order valence-corrected chi connectivity index (χ3v) is 3.43. The SMILES string of the molecule is Cc1cc(NC(=O)Cc2c(C)n[nH]c2C)ccc1OCCO. The molecule has 2 rings (SSSR count). The van der Waals surface area contributed by atoms with Gasteiger partial charge in [0.15, 0.2) is 0 Å². The fourth-order valence-electron chi connectivity index (χ4n) is 2.24. The van der Waals surface area contributed by atoms with Crippen molar-refractivity contribution in [1.29, 1.82) is 0 Å². The van der Waals surface area contributed by atoms with Crippen molar-refractivity contribution in [2.24, 2.45) is 0 Å². The van der Waals surface area contributed by atoms with Crippen molar-refractivity contribution in [1.82, 2.24) is 10.2 Å². The number of aryl methyl sites for hydroxylation is 3. The first-order valence-electron chi connectivity index (χ1n) is 7.16. The monoisotopic (exact) mass is 303 g/mol. The topological polar surface area (TPSA) is 87.2 Å². The molecule has 1 aromatic carbocycles. The molecule has 1 aromatic heterocycles. The largest absolute Gasteiger partial charge is 0.491 e. The normalized spacial score (nSPS) is 10.5. The maximum atomic E-state index is 12.1. The van der Waals surface area contributed by atoms with Crippen molar-refractivity contribution in [2.45, 2.75) is 27.2 Å². The lowest BCUT2D eigenvalue weighted by Crippen LogP contribution is -2.15. The van der Waals surface area contributed by atoms with Crippen molar-refractivity contribution in [3.63, 3.8) is 0 Å². The highest BCUT2D eigenvalue weighted by Crippen LogP contribution is 2.22. The second kappa shape index (κ2) is 7.09. The second-order valence-electron chi connectivity index (χ2n) is 5.19. The van der Waals surface area contributed by atoms with Gasteiger partial charge in [0.1, 0.15) is 12.4 Å². The Labute approximate surface area is 129 Å². The number of aromatic nitrogens is 2. The van der Waals surface area contributed by atoms with E-state index in [1.54, 1.807) is 12.1 Å². The van der Waals surface area contributed by atoms with E-state index in [-0.39, 0.29) is 25.5 Å². The van der Waals surface area contributed by atoms with E-state index in [4.69, 9.17) is 9.84 Å². The molecule has 0 aliphatic rings. The zero-order valence-corrected chi connectivity index (χ0v) is 13.1. The van der Waals surface area contributed by atoms with Crippen molar-refractivity contribution >= 4 is 11.6 Å². The van der Waals surface area contributed by atoms with Gasteiger partial charge in [0.25, 0.3) is 0 Å². The van der Waals surface area contributed by atoms with E-state index in [2.05, 4.69) is 15.5 Å². The zero-order chi connectivity index (χ0) is 16.1. The Morgan fingerprint density at radius 1 is 1.36 bits per heavy atom. The van der Waals surface area contributed by atoms with E-state index in [0.29, 0.717) is 5.75 Å². The zero-order valence-electron chi connectivity index (χ0n) is 13.1. The molecule has 6 nitrogen and oxygen atoms in total. The lowest BCUT2D eigenvalue weighted by atomic mass is 10.1. The maximum absolute atomic E-state index is 12.1. The smallest absolute Gasteiger partial charge is 0.228 e. The fourth-order valence-corrected chi connectivity index (χ4v) is 2.24. The summed E-state index contributed by atoms with van der Waals surface area (Å²) >= 11 is 0. The predicted octanol–water partition coefficient (Wildman–Crippen LogP) is 1.89. The number of anilines is 1. The highest BCUT2D eigenvalue weighted by molar-refractivity contribution is 5.92. The van der Waals surface area contributed by atoms with Crippen molar-refractivity contribution < 1.29 is 14.6 Å². The van der Waals surface area contributed by atoms with Gasteiger partial charge in [-0.3, -0.25) is 9.89 Å². The molecular weight excluding hydrogens is 282 g/mol. The van der Waals surface area contributed by atoms with E-state index in [0.717, 1.165) is 28.2 Å². The number of H-pyrrole nitrogens is 1. The summed E-state index contributed by atoms with van der Waals surface area (Å²) in [6, 6.07) is 5.42. The van der Waals surface area contributed by atoms with Crippen LogP contribution in [0.15, 0.2) is 18.2 Å². The molecule has 0 aliphatic heterocycles. The number of rotatable bonds is 6. The number of nitrogens with zero attached hydrogens (tertiary/aromatic N) is 1. The lowest BCUT2D eigenvalue weighted by Gasteiger charge is -2.11. The molecule has 0 unspecified atom stereocenters. The Morgan fingerprint density at radius 2 is 2.14 bits per heavy atom. The van der Waals surface area contributed by atoms with Crippen LogP contribution in [-0.4, -0.2) is 34.4 Å². The molecule has 2 aromatic rings. The highest BCUT2D eigenvalue weighted by atomic mass is 16.5. The molecule has 0 radical (unpaired) electrons. The molecule has 0 fully saturated rings. The second-order valence-corrected chi connectivity index (χ2v) is 5.19. The molecule has 0 spiro atoms. The highest BCUT2D eigenvalue weighted by Gasteiger charge is 2.12. The Kier molecular flexibility index (Phi) is 5.16. The van der Waals surface area contributed by atoms with Crippen LogP contribution in [0.1, 0.15) is 22.5 Å². The quantitative estimate of drug-likeness (QED) is 0.760. The standard InChI is InChI=1S/C16H21N3O3/c1-10-8-13(4-5-15(10)22-7-6-20)17-16(21)9-14-11(2)18-19-12(14)3/h4-5,8,20H,6-7,9H2,1-3H3,(H,17,21)(H,18,19). The molecular formula is C16H21N3O3. The van der Waals surface area contributed by atoms with Crippen LogP contribution in [0.2, 0.25) is 0 Å². The Hall–Kier alpha value is -2.34. The summed E-state index contributed by atoms with van der Waals surface area (Å²) in [4.78, 5) is 12.1. The summed E-state index contributed by atoms with van der Waals surface area (Å²) < 4.78 is 5.39. The Morgan fingerprint density at radius 3 is 2.73 bits per heavy atom. The number of hydrogen-bond acceptors (Lipinski definition) is 4. The lowest BCUT2D eigenvalue weighted by molar-refractivity contribution is -0.115. The first-order chi connectivity index (χ1) is 10.5. The summed E-state index contributed by atoms with van der Waals surface area (Å²) in [6.07, 6.45) is 0.288. The van der Waals surface area contributed by atoms with Gasteiger partial charge in [-0.05, 0) is 44.5 Å². The van der Waals surface area contributed by atoms with Gasteiger partial charge in [-0.1, -0.05) is 0 Å². The van der Waals surface area contributed by atoms with Crippen LogP contribution in [-0.2, 0) is 11.2 Å². The molecule has 1 heterocycles. The molecule has 0 saturated heterocycles. The Balaban J connectivity index is 2.01. The Bertz CT molecular complexity index is 645. The molecule has 22 heavy (non-hydrogen) atoms. The van der Waals surface area contributed by atoms with Crippen LogP contribution in [0.5, 0.6) is 5.75 Å². The third kappa shape index (κ3) is 3.85. The average molecular weight is 303 g/mol. The number of hydrogen-bond donors (Lipinski definition) is 3. The van der Waals surface area contributed by atoms with Crippen molar-refractivity contribution in [2.75, 3.05) is 18.5 Å². The third-order valence-electron chi connectivity index (χ3n) is 3.43. The van der Waals surface area contributed by atoms with Gasteiger partial charge in [0.2, 0.25) is 5.91 Å². The average Bonchev–Trinajstić information content (AvgIpc) is 2.78. The molecule has 0 saturated carbocycles. The van der Waals surface area contributed by atoms with E-state index < -0.39 is 0 Å². The number of aromatic amines is 1. The number of carbonyl (C=O) groups is 1. The minimum absolute atomic E-state index is 0.0265. The number of amides is 1. The molecule has 118 valence electrons. The predicted molar refractivity (Wildman–Crippen MR) is 84.2 cm³/mol. The number of nitrogens with one attached hydrogen (secondary N) is 2. The van der Waals surface area contributed by atoms with Crippen molar-refractivity contribution in [3.8, 4) is 5.75 Å². The van der Waals surface area contributed by atoms with Crippen LogP contribution in [0.25, 0.3) is 0 Å². The molecule has 6 heteroatoms. The van der Waals surface area contributed by atoms with E-state index >= 15 is 0 Å². The molecule has 1 amide bonds. The van der Waals surface area contributed by atoms with Crippen LogP contribution in [0.4, 0.5) is 5.69 Å². The van der Waals surface area contributed by atoms with E-state index in [9.17, 15) is 4.79 Å². The van der Waals surface area contributed by atoms with Crippen LogP contribution >= 0.6 is 0 Å². The summed E-state index contributed by atoms with van der Waals surface area (Å²) in [5.74, 6) is 0.615. The van der Waals surface area contributed by atoms with Crippen LogP contribution < -0.4 is 10.1 Å². The summed E-state index contributed by atoms with van der Waals surface area (Å²) in [7, 11) is 0. The summed E-state index contributed by atoms with van der Waals surface area (Å²) in [6.45, 7) is 5.91. The van der Waals surface area contributed by atoms with Gasteiger partial charge < -0.3 is 15.2 Å². The van der Waals surface area contributed by atoms with Gasteiger partial charge in [-0.15, -0.1) is 0 Å². The molecule has 3 N–H and O–H groups in total. The first-order valence-corrected chi connectivity index (χ1v) is 7.16. The van der Waals surface area contributed by atoms with E-state index in [1.807, 2.05) is 26.8 Å². The number of aliphatic hydroxyl groups excluding tert-OH is 1. The number of aliphatic hydroxyl groups is 1. The number of carbonyl (C=O) groups excluding carboxylic acids is 1. The molecule has 0 aliphatic carbocycles. The van der Waals surface area contributed by atoms with Gasteiger partial charge in [0, 0.05) is 16.9 Å². The van der Waals surface area contributed by atoms with Gasteiger partial charge >= 0.3 is 0 Å². The number of benzene rings is 1. The first kappa shape index (κ1) is 16.0. The summed E-state index contributed by atoms with van der Waals surface area (Å²) in [5.41, 5.74) is 4.31. The fraction of sp³-hybridized carbons (Fsp3) is 0.375. The molecule has 0 atom stereocenters. The van der Waals surface area contributed by atoms with Gasteiger partial charge in [-0.25, -0.2) is 0 Å². The minimum atomic E-state index is -0.0870. The van der Waals surface area contributed by atoms with Crippen LogP contribution in [0.3, 0.4) is 0 Å². The van der Waals surface area contributed by atoms with Gasteiger partial charge in [0.05, 0.1) is 18.7 Å². The maximum Gasteiger partial charge on any atom is 0.228 e. The van der Waals surface area contributed by atoms with Gasteiger partial charge in [-0.2, -0.15) is 5.10 Å².